The number of aryl methyl sites for hydroxylation is 1. The maximum absolute atomic E-state index is 12.9. The van der Waals surface area contributed by atoms with Crippen LogP contribution in [0.5, 0.6) is 0 Å². The van der Waals surface area contributed by atoms with E-state index in [4.69, 9.17) is 16.1 Å². The average Bonchev–Trinajstić information content (AvgIpc) is 3.19. The Morgan fingerprint density at radius 1 is 1.19 bits per heavy atom. The van der Waals surface area contributed by atoms with Gasteiger partial charge in [0.25, 0.3) is 5.91 Å². The van der Waals surface area contributed by atoms with E-state index in [1.807, 2.05) is 48.2 Å². The van der Waals surface area contributed by atoms with E-state index in [-0.39, 0.29) is 11.8 Å². The van der Waals surface area contributed by atoms with Crippen LogP contribution in [-0.2, 0) is 0 Å². The summed E-state index contributed by atoms with van der Waals surface area (Å²) in [5.74, 6) is 1.25. The summed E-state index contributed by atoms with van der Waals surface area (Å²) < 4.78 is 5.51. The average molecular weight is 382 g/mol. The smallest absolute Gasteiger partial charge is 0.254 e. The first-order valence-corrected chi connectivity index (χ1v) is 9.44. The zero-order valence-corrected chi connectivity index (χ0v) is 15.8. The van der Waals surface area contributed by atoms with Gasteiger partial charge in [0.15, 0.2) is 0 Å². The SMILES string of the molecule is Cc1ccccc1C(=O)N1CCC[C@H](c2nc(-c3ccc(Cl)cc3)no2)C1. The Kier molecular flexibility index (Phi) is 4.94. The van der Waals surface area contributed by atoms with E-state index in [9.17, 15) is 4.79 Å². The fraction of sp³-hybridized carbons (Fsp3) is 0.286. The number of aromatic nitrogens is 2. The van der Waals surface area contributed by atoms with Crippen molar-refractivity contribution in [2.75, 3.05) is 13.1 Å². The van der Waals surface area contributed by atoms with Crippen molar-refractivity contribution < 1.29 is 9.32 Å². The van der Waals surface area contributed by atoms with E-state index in [1.54, 1.807) is 12.1 Å². The van der Waals surface area contributed by atoms with Crippen LogP contribution in [0.25, 0.3) is 11.4 Å². The number of halogens is 1. The van der Waals surface area contributed by atoms with E-state index in [2.05, 4.69) is 10.1 Å². The molecule has 0 radical (unpaired) electrons. The largest absolute Gasteiger partial charge is 0.339 e. The number of carbonyl (C=O) groups is 1. The van der Waals surface area contributed by atoms with Crippen molar-refractivity contribution in [3.8, 4) is 11.4 Å². The van der Waals surface area contributed by atoms with Gasteiger partial charge in [-0.25, -0.2) is 0 Å². The van der Waals surface area contributed by atoms with Crippen LogP contribution < -0.4 is 0 Å². The van der Waals surface area contributed by atoms with Crippen LogP contribution in [0.1, 0.15) is 40.6 Å². The number of rotatable bonds is 3. The molecule has 0 aliphatic carbocycles. The molecule has 0 spiro atoms. The van der Waals surface area contributed by atoms with Crippen molar-refractivity contribution in [3.05, 3.63) is 70.6 Å². The van der Waals surface area contributed by atoms with Crippen molar-refractivity contribution >= 4 is 17.5 Å². The lowest BCUT2D eigenvalue weighted by atomic mass is 9.96. The molecule has 1 amide bonds. The van der Waals surface area contributed by atoms with Crippen molar-refractivity contribution in [2.24, 2.45) is 0 Å². The third-order valence-electron chi connectivity index (χ3n) is 4.98. The van der Waals surface area contributed by atoms with Gasteiger partial charge in [-0.05, 0) is 55.7 Å². The van der Waals surface area contributed by atoms with Gasteiger partial charge < -0.3 is 9.42 Å². The van der Waals surface area contributed by atoms with Crippen molar-refractivity contribution in [1.29, 1.82) is 0 Å². The summed E-state index contributed by atoms with van der Waals surface area (Å²) in [7, 11) is 0. The maximum atomic E-state index is 12.9. The number of hydrogen-bond acceptors (Lipinski definition) is 4. The minimum absolute atomic E-state index is 0.0558. The predicted octanol–water partition coefficient (Wildman–Crippen LogP) is 4.72. The molecule has 6 heteroatoms. The molecule has 1 aromatic heterocycles. The van der Waals surface area contributed by atoms with E-state index in [1.165, 1.54) is 0 Å². The molecule has 27 heavy (non-hydrogen) atoms. The van der Waals surface area contributed by atoms with Crippen LogP contribution in [0.4, 0.5) is 0 Å². The second-order valence-corrected chi connectivity index (χ2v) is 7.30. The number of likely N-dealkylation sites (tertiary alicyclic amines) is 1. The first-order valence-electron chi connectivity index (χ1n) is 9.06. The first kappa shape index (κ1) is 17.7. The third kappa shape index (κ3) is 3.74. The van der Waals surface area contributed by atoms with Gasteiger partial charge in [0, 0.05) is 29.2 Å². The fourth-order valence-corrected chi connectivity index (χ4v) is 3.59. The molecule has 0 saturated carbocycles. The van der Waals surface area contributed by atoms with Crippen LogP contribution in [0.15, 0.2) is 53.1 Å². The highest BCUT2D eigenvalue weighted by Gasteiger charge is 2.29. The van der Waals surface area contributed by atoms with Gasteiger partial charge in [-0.1, -0.05) is 35.0 Å². The summed E-state index contributed by atoms with van der Waals surface area (Å²) in [6.45, 7) is 3.31. The van der Waals surface area contributed by atoms with E-state index >= 15 is 0 Å². The molecule has 138 valence electrons. The molecule has 0 N–H and O–H groups in total. The van der Waals surface area contributed by atoms with E-state index in [0.29, 0.717) is 23.3 Å². The molecular weight excluding hydrogens is 362 g/mol. The summed E-state index contributed by atoms with van der Waals surface area (Å²) in [5.41, 5.74) is 2.61. The summed E-state index contributed by atoms with van der Waals surface area (Å²) in [5, 5.41) is 4.77. The molecule has 1 aliphatic rings. The van der Waals surface area contributed by atoms with Crippen molar-refractivity contribution in [2.45, 2.75) is 25.7 Å². The van der Waals surface area contributed by atoms with Crippen molar-refractivity contribution in [1.82, 2.24) is 15.0 Å². The van der Waals surface area contributed by atoms with E-state index < -0.39 is 0 Å². The standard InChI is InChI=1S/C21H20ClN3O2/c1-14-5-2-3-7-18(14)21(26)25-12-4-6-16(13-25)20-23-19(24-27-20)15-8-10-17(22)11-9-15/h2-3,5,7-11,16H,4,6,12-13H2,1H3/t16-/m0/s1. The zero-order chi connectivity index (χ0) is 18.8. The maximum Gasteiger partial charge on any atom is 0.254 e. The molecular formula is C21H20ClN3O2. The first-order chi connectivity index (χ1) is 13.1. The number of carbonyl (C=O) groups excluding carboxylic acids is 1. The lowest BCUT2D eigenvalue weighted by molar-refractivity contribution is 0.0695. The van der Waals surface area contributed by atoms with Gasteiger partial charge >= 0.3 is 0 Å². The highest BCUT2D eigenvalue weighted by Crippen LogP contribution is 2.29. The number of hydrogen-bond donors (Lipinski definition) is 0. The van der Waals surface area contributed by atoms with Gasteiger partial charge in [-0.3, -0.25) is 4.79 Å². The number of piperidine rings is 1. The lowest BCUT2D eigenvalue weighted by Crippen LogP contribution is -2.39. The Bertz CT molecular complexity index is 952. The summed E-state index contributed by atoms with van der Waals surface area (Å²) in [6, 6.07) is 15.0. The lowest BCUT2D eigenvalue weighted by Gasteiger charge is -2.31. The quantitative estimate of drug-likeness (QED) is 0.658. The highest BCUT2D eigenvalue weighted by molar-refractivity contribution is 6.30. The summed E-state index contributed by atoms with van der Waals surface area (Å²) >= 11 is 5.93. The summed E-state index contributed by atoms with van der Waals surface area (Å²) in [4.78, 5) is 19.4. The number of benzene rings is 2. The molecule has 3 aromatic rings. The highest BCUT2D eigenvalue weighted by atomic mass is 35.5. The Hall–Kier alpha value is -2.66. The molecule has 2 heterocycles. The molecule has 4 rings (SSSR count). The molecule has 0 bridgehead atoms. The van der Waals surface area contributed by atoms with Crippen molar-refractivity contribution in [3.63, 3.8) is 0 Å². The second kappa shape index (κ2) is 7.53. The fourth-order valence-electron chi connectivity index (χ4n) is 3.46. The molecule has 1 atom stereocenters. The molecule has 2 aromatic carbocycles. The molecule has 0 unspecified atom stereocenters. The van der Waals surface area contributed by atoms with Crippen LogP contribution in [0.3, 0.4) is 0 Å². The topological polar surface area (TPSA) is 59.2 Å². The van der Waals surface area contributed by atoms with Gasteiger partial charge in [0.2, 0.25) is 11.7 Å². The minimum Gasteiger partial charge on any atom is -0.339 e. The Morgan fingerprint density at radius 3 is 2.74 bits per heavy atom. The number of nitrogens with zero attached hydrogens (tertiary/aromatic N) is 3. The Labute approximate surface area is 163 Å². The van der Waals surface area contributed by atoms with Crippen LogP contribution in [0, 0.1) is 6.92 Å². The molecule has 1 saturated heterocycles. The normalized spacial score (nSPS) is 17.1. The van der Waals surface area contributed by atoms with Gasteiger partial charge in [-0.2, -0.15) is 4.98 Å². The predicted molar refractivity (Wildman–Crippen MR) is 104 cm³/mol. The zero-order valence-electron chi connectivity index (χ0n) is 15.1. The molecule has 1 fully saturated rings. The second-order valence-electron chi connectivity index (χ2n) is 6.87. The van der Waals surface area contributed by atoms with Crippen LogP contribution in [-0.4, -0.2) is 34.0 Å². The van der Waals surface area contributed by atoms with E-state index in [0.717, 1.165) is 36.1 Å². The van der Waals surface area contributed by atoms with Gasteiger partial charge in [0.1, 0.15) is 0 Å². The summed E-state index contributed by atoms with van der Waals surface area (Å²) in [6.07, 6.45) is 1.85. The van der Waals surface area contributed by atoms with Gasteiger partial charge in [-0.15, -0.1) is 0 Å². The van der Waals surface area contributed by atoms with Crippen LogP contribution >= 0.6 is 11.6 Å². The van der Waals surface area contributed by atoms with Gasteiger partial charge in [0.05, 0.1) is 5.92 Å². The minimum atomic E-state index is 0.0558. The molecule has 1 aliphatic heterocycles. The Morgan fingerprint density at radius 2 is 1.96 bits per heavy atom. The monoisotopic (exact) mass is 381 g/mol. The third-order valence-corrected chi connectivity index (χ3v) is 5.23. The Balaban J connectivity index is 1.51. The molecule has 5 nitrogen and oxygen atoms in total. The van der Waals surface area contributed by atoms with Crippen LogP contribution in [0.2, 0.25) is 5.02 Å². The number of amides is 1.